The molecule has 0 bridgehead atoms. The number of hydrogen-bond acceptors (Lipinski definition) is 3. The molecule has 1 fully saturated rings. The lowest BCUT2D eigenvalue weighted by Gasteiger charge is -2.26. The lowest BCUT2D eigenvalue weighted by atomic mass is 10.2. The van der Waals surface area contributed by atoms with Crippen LogP contribution in [-0.2, 0) is 9.47 Å². The molecular formula is C8H15NO3. The van der Waals surface area contributed by atoms with Gasteiger partial charge in [0, 0.05) is 0 Å². The Hall–Kier alpha value is -0.770. The molecule has 0 aromatic carbocycles. The summed E-state index contributed by atoms with van der Waals surface area (Å²) in [6.45, 7) is 5.69. The Morgan fingerprint density at radius 3 is 2.75 bits per heavy atom. The molecule has 12 heavy (non-hydrogen) atoms. The van der Waals surface area contributed by atoms with Gasteiger partial charge in [0.15, 0.2) is 0 Å². The standard InChI is InChI=1S/C8H15NO3/c1-6(2)3-12-8(10)9-7-4-11-5-7/h6-7H,3-5H2,1-2H3,(H,9,10). The van der Waals surface area contributed by atoms with Crippen LogP contribution in [0.25, 0.3) is 0 Å². The van der Waals surface area contributed by atoms with E-state index in [1.807, 2.05) is 13.8 Å². The highest BCUT2D eigenvalue weighted by Crippen LogP contribution is 2.00. The molecule has 1 N–H and O–H groups in total. The first-order valence-electron chi connectivity index (χ1n) is 4.19. The van der Waals surface area contributed by atoms with Gasteiger partial charge in [-0.1, -0.05) is 13.8 Å². The summed E-state index contributed by atoms with van der Waals surface area (Å²) in [6.07, 6.45) is -0.336. The second kappa shape index (κ2) is 4.30. The van der Waals surface area contributed by atoms with Crippen LogP contribution in [-0.4, -0.2) is 32.0 Å². The Morgan fingerprint density at radius 2 is 2.33 bits per heavy atom. The molecule has 4 nitrogen and oxygen atoms in total. The second-order valence-electron chi connectivity index (χ2n) is 3.37. The Kier molecular flexibility index (Phi) is 3.34. The van der Waals surface area contributed by atoms with E-state index in [0.29, 0.717) is 25.7 Å². The number of alkyl carbamates (subject to hydrolysis) is 1. The topological polar surface area (TPSA) is 47.6 Å². The Labute approximate surface area is 72.2 Å². The van der Waals surface area contributed by atoms with Gasteiger partial charge in [-0.25, -0.2) is 4.79 Å². The fraction of sp³-hybridized carbons (Fsp3) is 0.875. The fourth-order valence-electron chi connectivity index (χ4n) is 0.770. The van der Waals surface area contributed by atoms with Crippen LogP contribution in [0.3, 0.4) is 0 Å². The van der Waals surface area contributed by atoms with Crippen LogP contribution in [0.1, 0.15) is 13.8 Å². The van der Waals surface area contributed by atoms with Crippen molar-refractivity contribution in [2.75, 3.05) is 19.8 Å². The van der Waals surface area contributed by atoms with E-state index < -0.39 is 0 Å². The molecule has 0 aromatic rings. The quantitative estimate of drug-likeness (QED) is 0.685. The van der Waals surface area contributed by atoms with Gasteiger partial charge >= 0.3 is 6.09 Å². The van der Waals surface area contributed by atoms with Gasteiger partial charge in [0.1, 0.15) is 0 Å². The summed E-state index contributed by atoms with van der Waals surface area (Å²) in [5, 5.41) is 2.69. The van der Waals surface area contributed by atoms with Gasteiger partial charge in [-0.05, 0) is 5.92 Å². The van der Waals surface area contributed by atoms with Crippen molar-refractivity contribution in [3.63, 3.8) is 0 Å². The normalized spacial score (nSPS) is 17.2. The predicted octanol–water partition coefficient (Wildman–Crippen LogP) is 0.767. The zero-order valence-electron chi connectivity index (χ0n) is 7.50. The van der Waals surface area contributed by atoms with Crippen LogP contribution in [0, 0.1) is 5.92 Å². The molecule has 0 aliphatic carbocycles. The summed E-state index contributed by atoms with van der Waals surface area (Å²) in [5.74, 6) is 0.383. The van der Waals surface area contributed by atoms with Gasteiger partial charge in [-0.3, -0.25) is 0 Å². The number of hydrogen-bond donors (Lipinski definition) is 1. The first-order valence-corrected chi connectivity index (χ1v) is 4.19. The maximum Gasteiger partial charge on any atom is 0.407 e. The number of ether oxygens (including phenoxy) is 2. The van der Waals surface area contributed by atoms with Crippen molar-refractivity contribution in [2.24, 2.45) is 5.92 Å². The van der Waals surface area contributed by atoms with Crippen molar-refractivity contribution >= 4 is 6.09 Å². The largest absolute Gasteiger partial charge is 0.449 e. The zero-order valence-corrected chi connectivity index (χ0v) is 7.50. The first kappa shape index (κ1) is 9.32. The summed E-state index contributed by atoms with van der Waals surface area (Å²) in [5.41, 5.74) is 0. The Balaban J connectivity index is 2.03. The molecule has 4 heteroatoms. The lowest BCUT2D eigenvalue weighted by Crippen LogP contribution is -2.48. The summed E-state index contributed by atoms with van der Waals surface area (Å²) < 4.78 is 9.80. The first-order chi connectivity index (χ1) is 5.68. The molecule has 1 saturated heterocycles. The van der Waals surface area contributed by atoms with Crippen molar-refractivity contribution in [1.82, 2.24) is 5.32 Å². The van der Waals surface area contributed by atoms with Gasteiger partial charge in [0.25, 0.3) is 0 Å². The third-order valence-corrected chi connectivity index (χ3v) is 1.51. The molecule has 0 unspecified atom stereocenters. The van der Waals surface area contributed by atoms with E-state index in [4.69, 9.17) is 9.47 Å². The van der Waals surface area contributed by atoms with Crippen LogP contribution < -0.4 is 5.32 Å². The van der Waals surface area contributed by atoms with E-state index >= 15 is 0 Å². The molecule has 0 atom stereocenters. The minimum atomic E-state index is -0.336. The highest BCUT2D eigenvalue weighted by atomic mass is 16.6. The van der Waals surface area contributed by atoms with Crippen molar-refractivity contribution in [1.29, 1.82) is 0 Å². The maximum atomic E-state index is 11.0. The number of amides is 1. The van der Waals surface area contributed by atoms with Crippen molar-refractivity contribution in [3.8, 4) is 0 Å². The van der Waals surface area contributed by atoms with Crippen molar-refractivity contribution in [3.05, 3.63) is 0 Å². The minimum Gasteiger partial charge on any atom is -0.449 e. The van der Waals surface area contributed by atoms with E-state index in [9.17, 15) is 4.79 Å². The molecule has 0 saturated carbocycles. The van der Waals surface area contributed by atoms with Crippen LogP contribution in [0.15, 0.2) is 0 Å². The third-order valence-electron chi connectivity index (χ3n) is 1.51. The molecule has 1 rings (SSSR count). The van der Waals surface area contributed by atoms with E-state index in [0.717, 1.165) is 0 Å². The maximum absolute atomic E-state index is 11.0. The lowest BCUT2D eigenvalue weighted by molar-refractivity contribution is -0.00597. The number of carbonyl (C=O) groups excluding carboxylic acids is 1. The molecule has 1 amide bonds. The fourth-order valence-corrected chi connectivity index (χ4v) is 0.770. The molecule has 1 aliphatic heterocycles. The van der Waals surface area contributed by atoms with E-state index in [2.05, 4.69) is 5.32 Å². The third kappa shape index (κ3) is 3.09. The number of carbonyl (C=O) groups is 1. The molecule has 1 heterocycles. The summed E-state index contributed by atoms with van der Waals surface area (Å²) in [4.78, 5) is 11.0. The smallest absolute Gasteiger partial charge is 0.407 e. The highest BCUT2D eigenvalue weighted by Gasteiger charge is 2.20. The van der Waals surface area contributed by atoms with E-state index in [1.54, 1.807) is 0 Å². The zero-order chi connectivity index (χ0) is 8.97. The molecular weight excluding hydrogens is 158 g/mol. The van der Waals surface area contributed by atoms with Gasteiger partial charge in [0.05, 0.1) is 25.9 Å². The SMILES string of the molecule is CC(C)COC(=O)NC1COC1. The molecule has 0 aromatic heterocycles. The molecule has 0 radical (unpaired) electrons. The van der Waals surface area contributed by atoms with Crippen LogP contribution in [0.5, 0.6) is 0 Å². The van der Waals surface area contributed by atoms with E-state index in [-0.39, 0.29) is 12.1 Å². The van der Waals surface area contributed by atoms with Crippen molar-refractivity contribution in [2.45, 2.75) is 19.9 Å². The van der Waals surface area contributed by atoms with Crippen LogP contribution in [0.4, 0.5) is 4.79 Å². The van der Waals surface area contributed by atoms with Crippen molar-refractivity contribution < 1.29 is 14.3 Å². The average Bonchev–Trinajstić information content (AvgIpc) is 1.93. The van der Waals surface area contributed by atoms with Gasteiger partial charge < -0.3 is 14.8 Å². The van der Waals surface area contributed by atoms with Gasteiger partial charge in [-0.2, -0.15) is 0 Å². The van der Waals surface area contributed by atoms with Gasteiger partial charge in [-0.15, -0.1) is 0 Å². The van der Waals surface area contributed by atoms with Crippen LogP contribution in [0.2, 0.25) is 0 Å². The highest BCUT2D eigenvalue weighted by molar-refractivity contribution is 5.67. The number of nitrogens with one attached hydrogen (secondary N) is 1. The molecule has 0 spiro atoms. The van der Waals surface area contributed by atoms with E-state index in [1.165, 1.54) is 0 Å². The predicted molar refractivity (Wildman–Crippen MR) is 43.9 cm³/mol. The molecule has 1 aliphatic rings. The second-order valence-corrected chi connectivity index (χ2v) is 3.37. The monoisotopic (exact) mass is 173 g/mol. The Bertz CT molecular complexity index is 154. The molecule has 70 valence electrons. The average molecular weight is 173 g/mol. The summed E-state index contributed by atoms with van der Waals surface area (Å²) in [7, 11) is 0. The Morgan fingerprint density at radius 1 is 1.67 bits per heavy atom. The number of rotatable bonds is 3. The van der Waals surface area contributed by atoms with Gasteiger partial charge in [0.2, 0.25) is 0 Å². The minimum absolute atomic E-state index is 0.157. The van der Waals surface area contributed by atoms with Crippen LogP contribution >= 0.6 is 0 Å². The summed E-state index contributed by atoms with van der Waals surface area (Å²) >= 11 is 0. The summed E-state index contributed by atoms with van der Waals surface area (Å²) in [6, 6.07) is 0.157.